The summed E-state index contributed by atoms with van der Waals surface area (Å²) in [7, 11) is 0. The van der Waals surface area contributed by atoms with Crippen LogP contribution in [0.4, 0.5) is 11.5 Å². The molecule has 2 heterocycles. The van der Waals surface area contributed by atoms with E-state index in [0.717, 1.165) is 24.9 Å². The standard InChI is InChI=1S/C16H16ClN3O/c1-10-7-12-5-3-4-6-14(12)20(8-10)16-13(9-21)15(17)18-11(2)19-16/h3-6,9-10H,7-8H2,1-2H3. The summed E-state index contributed by atoms with van der Waals surface area (Å²) in [6.45, 7) is 4.78. The number of hydrogen-bond acceptors (Lipinski definition) is 4. The molecule has 0 N–H and O–H groups in total. The predicted octanol–water partition coefficient (Wildman–Crippen LogP) is 3.58. The van der Waals surface area contributed by atoms with Crippen molar-refractivity contribution < 1.29 is 4.79 Å². The second-order valence-electron chi connectivity index (χ2n) is 5.47. The Morgan fingerprint density at radius 2 is 2.10 bits per heavy atom. The molecule has 1 aromatic heterocycles. The molecule has 5 heteroatoms. The second-order valence-corrected chi connectivity index (χ2v) is 5.82. The molecule has 0 amide bonds. The highest BCUT2D eigenvalue weighted by Gasteiger charge is 2.26. The van der Waals surface area contributed by atoms with E-state index in [-0.39, 0.29) is 5.15 Å². The summed E-state index contributed by atoms with van der Waals surface area (Å²) in [6.07, 6.45) is 1.76. The number of carbonyl (C=O) groups is 1. The normalized spacial score (nSPS) is 17.5. The molecule has 2 aromatic rings. The van der Waals surface area contributed by atoms with E-state index in [1.807, 2.05) is 12.1 Å². The number of aryl methyl sites for hydroxylation is 1. The van der Waals surface area contributed by atoms with Gasteiger partial charge in [-0.1, -0.05) is 36.7 Å². The zero-order chi connectivity index (χ0) is 15.0. The molecular weight excluding hydrogens is 286 g/mol. The van der Waals surface area contributed by atoms with E-state index in [0.29, 0.717) is 23.1 Å². The minimum Gasteiger partial charge on any atom is -0.325 e. The Balaban J connectivity index is 2.19. The second kappa shape index (κ2) is 5.45. The Morgan fingerprint density at radius 3 is 2.86 bits per heavy atom. The monoisotopic (exact) mass is 301 g/mol. The van der Waals surface area contributed by atoms with E-state index in [1.54, 1.807) is 6.92 Å². The van der Waals surface area contributed by atoms with Gasteiger partial charge in [-0.05, 0) is 30.9 Å². The molecule has 0 spiro atoms. The van der Waals surface area contributed by atoms with Crippen molar-refractivity contribution in [1.29, 1.82) is 0 Å². The van der Waals surface area contributed by atoms with Gasteiger partial charge in [-0.25, -0.2) is 9.97 Å². The largest absolute Gasteiger partial charge is 0.325 e. The van der Waals surface area contributed by atoms with E-state index < -0.39 is 0 Å². The van der Waals surface area contributed by atoms with Crippen molar-refractivity contribution in [2.45, 2.75) is 20.3 Å². The summed E-state index contributed by atoms with van der Waals surface area (Å²) in [5, 5.41) is 0.211. The third-order valence-electron chi connectivity index (χ3n) is 3.71. The van der Waals surface area contributed by atoms with Gasteiger partial charge in [-0.15, -0.1) is 0 Å². The summed E-state index contributed by atoms with van der Waals surface area (Å²) < 4.78 is 0. The number of aromatic nitrogens is 2. The Labute approximate surface area is 128 Å². The fourth-order valence-electron chi connectivity index (χ4n) is 2.84. The van der Waals surface area contributed by atoms with Gasteiger partial charge in [-0.2, -0.15) is 0 Å². The summed E-state index contributed by atoms with van der Waals surface area (Å²) in [4.78, 5) is 22.0. The van der Waals surface area contributed by atoms with Gasteiger partial charge in [0.1, 0.15) is 16.8 Å². The van der Waals surface area contributed by atoms with Crippen molar-refractivity contribution in [3.05, 3.63) is 46.4 Å². The molecule has 0 bridgehead atoms. The molecule has 4 nitrogen and oxygen atoms in total. The number of benzene rings is 1. The van der Waals surface area contributed by atoms with Gasteiger partial charge in [0.05, 0.1) is 5.56 Å². The van der Waals surface area contributed by atoms with Gasteiger partial charge in [0.2, 0.25) is 0 Å². The van der Waals surface area contributed by atoms with E-state index in [2.05, 4.69) is 33.9 Å². The molecule has 1 aliphatic rings. The van der Waals surface area contributed by atoms with Crippen LogP contribution in [0.3, 0.4) is 0 Å². The van der Waals surface area contributed by atoms with Crippen LogP contribution < -0.4 is 4.90 Å². The number of para-hydroxylation sites is 1. The van der Waals surface area contributed by atoms with E-state index in [1.165, 1.54) is 5.56 Å². The first-order valence-corrected chi connectivity index (χ1v) is 7.32. The Kier molecular flexibility index (Phi) is 3.64. The van der Waals surface area contributed by atoms with Crippen LogP contribution in [-0.2, 0) is 6.42 Å². The minimum absolute atomic E-state index is 0.211. The molecule has 0 aliphatic carbocycles. The van der Waals surface area contributed by atoms with E-state index >= 15 is 0 Å². The minimum atomic E-state index is 0.211. The maximum Gasteiger partial charge on any atom is 0.156 e. The molecule has 1 unspecified atom stereocenters. The van der Waals surface area contributed by atoms with Crippen LogP contribution >= 0.6 is 11.6 Å². The number of fused-ring (bicyclic) bond motifs is 1. The van der Waals surface area contributed by atoms with Crippen LogP contribution in [-0.4, -0.2) is 22.8 Å². The Bertz CT molecular complexity index is 702. The number of hydrogen-bond donors (Lipinski definition) is 0. The lowest BCUT2D eigenvalue weighted by atomic mass is 9.93. The SMILES string of the molecule is Cc1nc(Cl)c(C=O)c(N2CC(C)Cc3ccccc32)n1. The fourth-order valence-corrected chi connectivity index (χ4v) is 3.09. The maximum absolute atomic E-state index is 11.4. The molecule has 108 valence electrons. The average molecular weight is 302 g/mol. The maximum atomic E-state index is 11.4. The highest BCUT2D eigenvalue weighted by Crippen LogP contribution is 2.36. The average Bonchev–Trinajstić information content (AvgIpc) is 2.45. The molecule has 1 aromatic carbocycles. The van der Waals surface area contributed by atoms with Gasteiger partial charge >= 0.3 is 0 Å². The zero-order valence-electron chi connectivity index (χ0n) is 12.0. The van der Waals surface area contributed by atoms with Gasteiger partial charge in [0.15, 0.2) is 6.29 Å². The smallest absolute Gasteiger partial charge is 0.156 e. The molecule has 0 saturated heterocycles. The topological polar surface area (TPSA) is 46.1 Å². The number of rotatable bonds is 2. The Hall–Kier alpha value is -1.94. The molecule has 0 fully saturated rings. The summed E-state index contributed by atoms with van der Waals surface area (Å²) in [5.74, 6) is 1.64. The first kappa shape index (κ1) is 14.0. The molecule has 0 saturated carbocycles. The molecule has 1 aliphatic heterocycles. The van der Waals surface area contributed by atoms with Gasteiger partial charge < -0.3 is 4.90 Å². The number of halogens is 1. The molecule has 3 rings (SSSR count). The highest BCUT2D eigenvalue weighted by molar-refractivity contribution is 6.32. The van der Waals surface area contributed by atoms with Gasteiger partial charge in [0.25, 0.3) is 0 Å². The third kappa shape index (κ3) is 2.51. The highest BCUT2D eigenvalue weighted by atomic mass is 35.5. The molecule has 0 radical (unpaired) electrons. The van der Waals surface area contributed by atoms with Crippen LogP contribution in [0.15, 0.2) is 24.3 Å². The Morgan fingerprint density at radius 1 is 1.33 bits per heavy atom. The summed E-state index contributed by atoms with van der Waals surface area (Å²) in [6, 6.07) is 8.21. The molecule has 21 heavy (non-hydrogen) atoms. The van der Waals surface area contributed by atoms with Crippen molar-refractivity contribution in [3.63, 3.8) is 0 Å². The number of carbonyl (C=O) groups excluding carboxylic acids is 1. The zero-order valence-corrected chi connectivity index (χ0v) is 12.8. The van der Waals surface area contributed by atoms with Crippen LogP contribution in [0.2, 0.25) is 5.15 Å². The molecule has 1 atom stereocenters. The van der Waals surface area contributed by atoms with Crippen molar-refractivity contribution in [1.82, 2.24) is 9.97 Å². The van der Waals surface area contributed by atoms with Crippen molar-refractivity contribution in [2.75, 3.05) is 11.4 Å². The summed E-state index contributed by atoms with van der Waals surface area (Å²) >= 11 is 6.11. The third-order valence-corrected chi connectivity index (χ3v) is 4.00. The van der Waals surface area contributed by atoms with Gasteiger partial charge in [0, 0.05) is 12.2 Å². The van der Waals surface area contributed by atoms with Crippen LogP contribution in [0, 0.1) is 12.8 Å². The van der Waals surface area contributed by atoms with E-state index in [4.69, 9.17) is 11.6 Å². The molecular formula is C16H16ClN3O. The number of nitrogens with zero attached hydrogens (tertiary/aromatic N) is 3. The van der Waals surface area contributed by atoms with Gasteiger partial charge in [-0.3, -0.25) is 4.79 Å². The lowest BCUT2D eigenvalue weighted by Crippen LogP contribution is -2.32. The van der Waals surface area contributed by atoms with Crippen molar-refractivity contribution in [3.8, 4) is 0 Å². The predicted molar refractivity (Wildman–Crippen MR) is 83.5 cm³/mol. The number of aldehydes is 1. The number of anilines is 2. The van der Waals surface area contributed by atoms with Crippen LogP contribution in [0.1, 0.15) is 28.7 Å². The lowest BCUT2D eigenvalue weighted by molar-refractivity contribution is 0.112. The van der Waals surface area contributed by atoms with Crippen LogP contribution in [0.5, 0.6) is 0 Å². The first-order valence-electron chi connectivity index (χ1n) is 6.95. The van der Waals surface area contributed by atoms with Crippen molar-refractivity contribution >= 4 is 29.4 Å². The van der Waals surface area contributed by atoms with Crippen LogP contribution in [0.25, 0.3) is 0 Å². The van der Waals surface area contributed by atoms with Crippen molar-refractivity contribution in [2.24, 2.45) is 5.92 Å². The lowest BCUT2D eigenvalue weighted by Gasteiger charge is -2.34. The van der Waals surface area contributed by atoms with E-state index in [9.17, 15) is 4.79 Å². The summed E-state index contributed by atoms with van der Waals surface area (Å²) in [5.41, 5.74) is 2.71. The first-order chi connectivity index (χ1) is 10.1. The fraction of sp³-hybridized carbons (Fsp3) is 0.312. The quantitative estimate of drug-likeness (QED) is 0.628.